The Kier molecular flexibility index (Phi) is 4.72. The molecule has 0 aliphatic carbocycles. The predicted molar refractivity (Wildman–Crippen MR) is 104 cm³/mol. The second-order valence-corrected chi connectivity index (χ2v) is 6.51. The molecule has 1 aliphatic rings. The molecule has 0 saturated heterocycles. The number of benzene rings is 2. The largest absolute Gasteiger partial charge is 0.345 e. The summed E-state index contributed by atoms with van der Waals surface area (Å²) >= 11 is 0. The minimum atomic E-state index is -0.298. The molecule has 0 fully saturated rings. The number of imide groups is 1. The SMILES string of the molecule is O=C(CCCN1C(=O)c2ccccc2C1=O)Nc1cccc(-c2cnc[nH]2)c1. The van der Waals surface area contributed by atoms with Crippen LogP contribution in [0.25, 0.3) is 11.3 Å². The van der Waals surface area contributed by atoms with Crippen molar-refractivity contribution < 1.29 is 14.4 Å². The summed E-state index contributed by atoms with van der Waals surface area (Å²) in [4.78, 5) is 45.1. The molecule has 3 aromatic rings. The van der Waals surface area contributed by atoms with E-state index in [-0.39, 0.29) is 30.7 Å². The lowest BCUT2D eigenvalue weighted by atomic mass is 10.1. The van der Waals surface area contributed by atoms with Crippen LogP contribution in [0, 0.1) is 0 Å². The van der Waals surface area contributed by atoms with Gasteiger partial charge >= 0.3 is 0 Å². The van der Waals surface area contributed by atoms with Crippen molar-refractivity contribution in [3.05, 3.63) is 72.2 Å². The van der Waals surface area contributed by atoms with Gasteiger partial charge in [0.2, 0.25) is 5.91 Å². The number of carbonyl (C=O) groups excluding carboxylic acids is 3. The third-order valence-electron chi connectivity index (χ3n) is 4.62. The molecule has 140 valence electrons. The standard InChI is InChI=1S/C21H18N4O3/c26-19(24-15-6-3-5-14(11-15)18-12-22-13-23-18)9-4-10-25-20(27)16-7-1-2-8-17(16)21(25)28/h1-3,5-8,11-13H,4,9-10H2,(H,22,23)(H,24,26). The number of rotatable bonds is 6. The minimum absolute atomic E-state index is 0.168. The van der Waals surface area contributed by atoms with E-state index in [1.807, 2.05) is 24.3 Å². The Labute approximate surface area is 161 Å². The minimum Gasteiger partial charge on any atom is -0.345 e. The van der Waals surface area contributed by atoms with Gasteiger partial charge in [-0.2, -0.15) is 0 Å². The van der Waals surface area contributed by atoms with E-state index in [1.54, 1.807) is 36.8 Å². The zero-order valence-corrected chi connectivity index (χ0v) is 15.0. The van der Waals surface area contributed by atoms with Crippen LogP contribution in [0.15, 0.2) is 61.1 Å². The number of hydrogen-bond acceptors (Lipinski definition) is 4. The van der Waals surface area contributed by atoms with Crippen molar-refractivity contribution >= 4 is 23.4 Å². The van der Waals surface area contributed by atoms with Gasteiger partial charge in [0, 0.05) is 24.2 Å². The molecule has 0 bridgehead atoms. The highest BCUT2D eigenvalue weighted by molar-refractivity contribution is 6.21. The summed E-state index contributed by atoms with van der Waals surface area (Å²) in [5, 5.41) is 2.85. The fourth-order valence-corrected chi connectivity index (χ4v) is 3.24. The van der Waals surface area contributed by atoms with E-state index < -0.39 is 0 Å². The van der Waals surface area contributed by atoms with E-state index in [4.69, 9.17) is 0 Å². The van der Waals surface area contributed by atoms with Crippen LogP contribution in [0.4, 0.5) is 5.69 Å². The summed E-state index contributed by atoms with van der Waals surface area (Å²) in [6.45, 7) is 0.216. The van der Waals surface area contributed by atoms with Gasteiger partial charge < -0.3 is 10.3 Å². The number of carbonyl (C=O) groups is 3. The van der Waals surface area contributed by atoms with Crippen LogP contribution in [0.3, 0.4) is 0 Å². The molecular formula is C21H18N4O3. The highest BCUT2D eigenvalue weighted by Gasteiger charge is 2.34. The Bertz CT molecular complexity index is 1010. The maximum Gasteiger partial charge on any atom is 0.261 e. The van der Waals surface area contributed by atoms with Gasteiger partial charge in [-0.05, 0) is 30.7 Å². The Balaban J connectivity index is 1.32. The van der Waals surface area contributed by atoms with Gasteiger partial charge in [0.15, 0.2) is 0 Å². The van der Waals surface area contributed by atoms with E-state index in [1.165, 1.54) is 4.90 Å². The molecule has 1 aromatic heterocycles. The summed E-state index contributed by atoms with van der Waals surface area (Å²) < 4.78 is 0. The first-order valence-corrected chi connectivity index (χ1v) is 8.97. The number of nitrogens with zero attached hydrogens (tertiary/aromatic N) is 2. The summed E-state index contributed by atoms with van der Waals surface area (Å²) in [5.41, 5.74) is 3.31. The number of anilines is 1. The fraction of sp³-hybridized carbons (Fsp3) is 0.143. The molecule has 2 N–H and O–H groups in total. The number of H-pyrrole nitrogens is 1. The van der Waals surface area contributed by atoms with E-state index in [9.17, 15) is 14.4 Å². The van der Waals surface area contributed by atoms with Crippen LogP contribution in [0.2, 0.25) is 0 Å². The maximum absolute atomic E-state index is 12.3. The second kappa shape index (κ2) is 7.48. The van der Waals surface area contributed by atoms with E-state index in [0.717, 1.165) is 11.3 Å². The number of hydrogen-bond donors (Lipinski definition) is 2. The van der Waals surface area contributed by atoms with Crippen LogP contribution >= 0.6 is 0 Å². The lowest BCUT2D eigenvalue weighted by Gasteiger charge is -2.13. The van der Waals surface area contributed by atoms with Gasteiger partial charge in [0.05, 0.1) is 29.3 Å². The first kappa shape index (κ1) is 17.7. The molecule has 7 heteroatoms. The van der Waals surface area contributed by atoms with Gasteiger partial charge in [-0.3, -0.25) is 19.3 Å². The molecular weight excluding hydrogens is 356 g/mol. The molecule has 7 nitrogen and oxygen atoms in total. The summed E-state index contributed by atoms with van der Waals surface area (Å²) in [6, 6.07) is 14.2. The Hall–Kier alpha value is -3.74. The first-order valence-electron chi connectivity index (χ1n) is 8.97. The van der Waals surface area contributed by atoms with Crippen LogP contribution in [0.5, 0.6) is 0 Å². The highest BCUT2D eigenvalue weighted by atomic mass is 16.2. The lowest BCUT2D eigenvalue weighted by molar-refractivity contribution is -0.116. The third kappa shape index (κ3) is 3.42. The summed E-state index contributed by atoms with van der Waals surface area (Å²) in [5.74, 6) is -0.764. The Morgan fingerprint density at radius 2 is 1.79 bits per heavy atom. The molecule has 0 unspecified atom stereocenters. The zero-order chi connectivity index (χ0) is 19.5. The molecule has 0 saturated carbocycles. The molecule has 0 atom stereocenters. The molecule has 2 aromatic carbocycles. The van der Waals surface area contributed by atoms with Crippen LogP contribution in [-0.4, -0.2) is 39.1 Å². The third-order valence-corrected chi connectivity index (χ3v) is 4.62. The molecule has 28 heavy (non-hydrogen) atoms. The number of fused-ring (bicyclic) bond motifs is 1. The molecule has 2 heterocycles. The number of aromatic nitrogens is 2. The van der Waals surface area contributed by atoms with E-state index in [0.29, 0.717) is 23.2 Å². The normalized spacial score (nSPS) is 12.9. The summed E-state index contributed by atoms with van der Waals surface area (Å²) in [7, 11) is 0. The van der Waals surface area contributed by atoms with Gasteiger partial charge in [0.25, 0.3) is 11.8 Å². The second-order valence-electron chi connectivity index (χ2n) is 6.51. The highest BCUT2D eigenvalue weighted by Crippen LogP contribution is 2.23. The Morgan fingerprint density at radius 3 is 2.46 bits per heavy atom. The van der Waals surface area contributed by atoms with Gasteiger partial charge in [0.1, 0.15) is 0 Å². The fourth-order valence-electron chi connectivity index (χ4n) is 3.24. The zero-order valence-electron chi connectivity index (χ0n) is 15.0. The lowest BCUT2D eigenvalue weighted by Crippen LogP contribution is -2.31. The topological polar surface area (TPSA) is 95.2 Å². The average Bonchev–Trinajstić information content (AvgIpc) is 3.32. The molecule has 4 rings (SSSR count). The van der Waals surface area contributed by atoms with Gasteiger partial charge in [-0.1, -0.05) is 24.3 Å². The van der Waals surface area contributed by atoms with E-state index >= 15 is 0 Å². The summed E-state index contributed by atoms with van der Waals surface area (Å²) in [6.07, 6.45) is 3.92. The van der Waals surface area contributed by atoms with Crippen molar-refractivity contribution in [3.63, 3.8) is 0 Å². The first-order chi connectivity index (χ1) is 13.6. The van der Waals surface area contributed by atoms with E-state index in [2.05, 4.69) is 15.3 Å². The van der Waals surface area contributed by atoms with Crippen molar-refractivity contribution in [1.82, 2.24) is 14.9 Å². The van der Waals surface area contributed by atoms with Crippen molar-refractivity contribution in [2.75, 3.05) is 11.9 Å². The smallest absolute Gasteiger partial charge is 0.261 e. The van der Waals surface area contributed by atoms with Crippen molar-refractivity contribution in [1.29, 1.82) is 0 Å². The number of imidazole rings is 1. The predicted octanol–water partition coefficient (Wildman–Crippen LogP) is 3.09. The number of nitrogens with one attached hydrogen (secondary N) is 2. The number of aromatic amines is 1. The van der Waals surface area contributed by atoms with Gasteiger partial charge in [-0.25, -0.2) is 4.98 Å². The quantitative estimate of drug-likeness (QED) is 0.648. The van der Waals surface area contributed by atoms with Crippen molar-refractivity contribution in [2.45, 2.75) is 12.8 Å². The molecule has 0 spiro atoms. The van der Waals surface area contributed by atoms with Gasteiger partial charge in [-0.15, -0.1) is 0 Å². The van der Waals surface area contributed by atoms with Crippen molar-refractivity contribution in [2.24, 2.45) is 0 Å². The molecule has 1 aliphatic heterocycles. The molecule has 3 amide bonds. The van der Waals surface area contributed by atoms with Crippen molar-refractivity contribution in [3.8, 4) is 11.3 Å². The number of amides is 3. The Morgan fingerprint density at radius 1 is 1.04 bits per heavy atom. The monoisotopic (exact) mass is 374 g/mol. The maximum atomic E-state index is 12.3. The van der Waals surface area contributed by atoms with Crippen LogP contribution in [-0.2, 0) is 4.79 Å². The molecule has 0 radical (unpaired) electrons. The van der Waals surface area contributed by atoms with Crippen LogP contribution in [0.1, 0.15) is 33.6 Å². The van der Waals surface area contributed by atoms with Crippen LogP contribution < -0.4 is 5.32 Å². The average molecular weight is 374 g/mol.